The van der Waals surface area contributed by atoms with Crippen molar-refractivity contribution >= 4 is 5.97 Å². The van der Waals surface area contributed by atoms with Crippen LogP contribution in [0.1, 0.15) is 37.1 Å². The second-order valence-corrected chi connectivity index (χ2v) is 5.90. The monoisotopic (exact) mass is 295 g/mol. The first-order chi connectivity index (χ1) is 10.7. The molecule has 1 N–H and O–H groups in total. The standard InChI is InChI=1S/C19H21NO2/c1-13-17(20-14(2)15-9-5-3-6-10-15)19(21)22-18(13)16-11-7-4-8-12-16/h3-14,17-18,20H,1-2H3/t13-,14+,17+,18+/m1/s1. The lowest BCUT2D eigenvalue weighted by Crippen LogP contribution is -2.39. The van der Waals surface area contributed by atoms with Gasteiger partial charge in [-0.2, -0.15) is 0 Å². The molecule has 0 amide bonds. The number of benzene rings is 2. The minimum atomic E-state index is -0.277. The molecule has 0 saturated carbocycles. The lowest BCUT2D eigenvalue weighted by molar-refractivity contribution is -0.143. The molecular weight excluding hydrogens is 274 g/mol. The van der Waals surface area contributed by atoms with Gasteiger partial charge < -0.3 is 4.74 Å². The van der Waals surface area contributed by atoms with Crippen LogP contribution in [0.4, 0.5) is 0 Å². The number of carbonyl (C=O) groups is 1. The first kappa shape index (κ1) is 14.8. The van der Waals surface area contributed by atoms with Crippen LogP contribution in [0.25, 0.3) is 0 Å². The first-order valence-electron chi connectivity index (χ1n) is 7.73. The van der Waals surface area contributed by atoms with E-state index >= 15 is 0 Å². The number of rotatable bonds is 4. The zero-order valence-corrected chi connectivity index (χ0v) is 12.9. The second-order valence-electron chi connectivity index (χ2n) is 5.90. The van der Waals surface area contributed by atoms with Crippen molar-refractivity contribution in [1.29, 1.82) is 0 Å². The molecule has 1 fully saturated rings. The predicted octanol–water partition coefficient (Wildman–Crippen LogP) is 3.64. The molecule has 1 aliphatic heterocycles. The molecule has 0 unspecified atom stereocenters. The van der Waals surface area contributed by atoms with E-state index in [4.69, 9.17) is 4.74 Å². The molecule has 2 aromatic carbocycles. The molecule has 0 radical (unpaired) electrons. The second kappa shape index (κ2) is 6.32. The van der Waals surface area contributed by atoms with Gasteiger partial charge in [-0.25, -0.2) is 0 Å². The number of carbonyl (C=O) groups excluding carboxylic acids is 1. The Bertz CT molecular complexity index is 626. The molecule has 1 heterocycles. The molecule has 4 atom stereocenters. The summed E-state index contributed by atoms with van der Waals surface area (Å²) in [5.74, 6) is -0.0646. The Morgan fingerprint density at radius 1 is 1.00 bits per heavy atom. The van der Waals surface area contributed by atoms with E-state index in [1.54, 1.807) is 0 Å². The fourth-order valence-corrected chi connectivity index (χ4v) is 3.04. The van der Waals surface area contributed by atoms with Crippen molar-refractivity contribution in [1.82, 2.24) is 5.32 Å². The maximum Gasteiger partial charge on any atom is 0.324 e. The molecule has 3 heteroatoms. The summed E-state index contributed by atoms with van der Waals surface area (Å²) in [6, 6.07) is 19.9. The number of ether oxygens (including phenoxy) is 1. The van der Waals surface area contributed by atoms with Crippen molar-refractivity contribution in [2.24, 2.45) is 5.92 Å². The van der Waals surface area contributed by atoms with Gasteiger partial charge in [-0.1, -0.05) is 67.6 Å². The van der Waals surface area contributed by atoms with Crippen molar-refractivity contribution in [3.05, 3.63) is 71.8 Å². The number of cyclic esters (lactones) is 1. The molecule has 0 spiro atoms. The van der Waals surface area contributed by atoms with Crippen LogP contribution in [-0.4, -0.2) is 12.0 Å². The third kappa shape index (κ3) is 2.90. The van der Waals surface area contributed by atoms with E-state index in [2.05, 4.69) is 31.3 Å². The fraction of sp³-hybridized carbons (Fsp3) is 0.316. The quantitative estimate of drug-likeness (QED) is 0.875. The summed E-state index contributed by atoms with van der Waals surface area (Å²) < 4.78 is 5.61. The lowest BCUT2D eigenvalue weighted by atomic mass is 9.93. The Morgan fingerprint density at radius 2 is 1.59 bits per heavy atom. The van der Waals surface area contributed by atoms with Gasteiger partial charge in [0.15, 0.2) is 0 Å². The van der Waals surface area contributed by atoms with Crippen LogP contribution in [0, 0.1) is 5.92 Å². The molecule has 1 aliphatic rings. The van der Waals surface area contributed by atoms with Gasteiger partial charge in [0.25, 0.3) is 0 Å². The number of nitrogens with one attached hydrogen (secondary N) is 1. The number of hydrogen-bond acceptors (Lipinski definition) is 3. The van der Waals surface area contributed by atoms with Crippen LogP contribution in [0.5, 0.6) is 0 Å². The Hall–Kier alpha value is -2.13. The molecule has 1 saturated heterocycles. The Morgan fingerprint density at radius 3 is 2.23 bits per heavy atom. The summed E-state index contributed by atoms with van der Waals surface area (Å²) >= 11 is 0. The van der Waals surface area contributed by atoms with Gasteiger partial charge in [0.1, 0.15) is 12.1 Å². The molecule has 3 rings (SSSR count). The number of hydrogen-bond donors (Lipinski definition) is 1. The molecule has 0 bridgehead atoms. The van der Waals surface area contributed by atoms with Gasteiger partial charge >= 0.3 is 5.97 Å². The summed E-state index contributed by atoms with van der Waals surface area (Å²) in [5, 5.41) is 3.42. The van der Waals surface area contributed by atoms with Crippen molar-refractivity contribution in [3.63, 3.8) is 0 Å². The molecule has 2 aromatic rings. The van der Waals surface area contributed by atoms with Crippen LogP contribution in [-0.2, 0) is 9.53 Å². The van der Waals surface area contributed by atoms with E-state index in [9.17, 15) is 4.79 Å². The van der Waals surface area contributed by atoms with Gasteiger partial charge in [-0.3, -0.25) is 10.1 Å². The summed E-state index contributed by atoms with van der Waals surface area (Å²) in [6.07, 6.45) is -0.172. The molecule has 3 nitrogen and oxygen atoms in total. The van der Waals surface area contributed by atoms with Crippen LogP contribution in [0.2, 0.25) is 0 Å². The summed E-state index contributed by atoms with van der Waals surface area (Å²) in [7, 11) is 0. The minimum absolute atomic E-state index is 0.0982. The summed E-state index contributed by atoms with van der Waals surface area (Å²) in [6.45, 7) is 4.14. The van der Waals surface area contributed by atoms with Crippen molar-refractivity contribution in [3.8, 4) is 0 Å². The lowest BCUT2D eigenvalue weighted by Gasteiger charge is -2.21. The summed E-state index contributed by atoms with van der Waals surface area (Å²) in [4.78, 5) is 12.3. The van der Waals surface area contributed by atoms with Crippen molar-refractivity contribution < 1.29 is 9.53 Å². The van der Waals surface area contributed by atoms with Crippen LogP contribution in [0.15, 0.2) is 60.7 Å². The predicted molar refractivity (Wildman–Crippen MR) is 86.2 cm³/mol. The maximum absolute atomic E-state index is 12.3. The smallest absolute Gasteiger partial charge is 0.324 e. The molecular formula is C19H21NO2. The topological polar surface area (TPSA) is 38.3 Å². The highest BCUT2D eigenvalue weighted by molar-refractivity contribution is 5.79. The van der Waals surface area contributed by atoms with E-state index in [1.807, 2.05) is 48.5 Å². The van der Waals surface area contributed by atoms with E-state index in [0.717, 1.165) is 5.56 Å². The fourth-order valence-electron chi connectivity index (χ4n) is 3.04. The highest BCUT2D eigenvalue weighted by Crippen LogP contribution is 2.36. The zero-order valence-electron chi connectivity index (χ0n) is 12.9. The van der Waals surface area contributed by atoms with Gasteiger partial charge in [-0.15, -0.1) is 0 Å². The molecule has 0 aliphatic carbocycles. The normalized spacial score (nSPS) is 25.7. The highest BCUT2D eigenvalue weighted by atomic mass is 16.6. The van der Waals surface area contributed by atoms with Crippen LogP contribution >= 0.6 is 0 Å². The van der Waals surface area contributed by atoms with Crippen molar-refractivity contribution in [2.75, 3.05) is 0 Å². The molecule has 22 heavy (non-hydrogen) atoms. The third-order valence-corrected chi connectivity index (χ3v) is 4.36. The van der Waals surface area contributed by atoms with E-state index in [1.165, 1.54) is 5.56 Å². The Labute approximate surface area is 131 Å². The highest BCUT2D eigenvalue weighted by Gasteiger charge is 2.42. The maximum atomic E-state index is 12.3. The van der Waals surface area contributed by atoms with E-state index in [-0.39, 0.29) is 30.1 Å². The SMILES string of the molecule is C[C@@H]1[C@H](N[C@@H](C)c2ccccc2)C(=O)O[C@@H]1c1ccccc1. The number of esters is 1. The Balaban J connectivity index is 1.73. The van der Waals surface area contributed by atoms with Crippen LogP contribution < -0.4 is 5.32 Å². The molecule has 114 valence electrons. The Kier molecular flexibility index (Phi) is 4.25. The summed E-state index contributed by atoms with van der Waals surface area (Å²) in [5.41, 5.74) is 2.23. The zero-order chi connectivity index (χ0) is 15.5. The van der Waals surface area contributed by atoms with Crippen LogP contribution in [0.3, 0.4) is 0 Å². The average molecular weight is 295 g/mol. The van der Waals surface area contributed by atoms with Crippen molar-refractivity contribution in [2.45, 2.75) is 32.0 Å². The third-order valence-electron chi connectivity index (χ3n) is 4.36. The van der Waals surface area contributed by atoms with Gasteiger partial charge in [0, 0.05) is 12.0 Å². The molecule has 0 aromatic heterocycles. The van der Waals surface area contributed by atoms with E-state index < -0.39 is 0 Å². The van der Waals surface area contributed by atoms with Gasteiger partial charge in [0.2, 0.25) is 0 Å². The first-order valence-corrected chi connectivity index (χ1v) is 7.73. The van der Waals surface area contributed by atoms with E-state index in [0.29, 0.717) is 0 Å². The van der Waals surface area contributed by atoms with Gasteiger partial charge in [-0.05, 0) is 18.1 Å². The van der Waals surface area contributed by atoms with Gasteiger partial charge in [0.05, 0.1) is 0 Å². The minimum Gasteiger partial charge on any atom is -0.456 e. The average Bonchev–Trinajstić information content (AvgIpc) is 2.84. The largest absolute Gasteiger partial charge is 0.456 e.